The number of nitrogens with zero attached hydrogens (tertiary/aromatic N) is 1. The van der Waals surface area contributed by atoms with Crippen LogP contribution in [0, 0.1) is 0 Å². The van der Waals surface area contributed by atoms with Crippen molar-refractivity contribution in [2.75, 3.05) is 19.9 Å². The minimum atomic E-state index is -0.694. The van der Waals surface area contributed by atoms with Gasteiger partial charge in [0.05, 0.1) is 4.91 Å². The molecule has 2 aliphatic heterocycles. The second kappa shape index (κ2) is 9.42. The molecule has 0 saturated carbocycles. The fraction of sp³-hybridized carbons (Fsp3) is 0.320. The Morgan fingerprint density at radius 1 is 1.15 bits per heavy atom. The molecule has 176 valence electrons. The predicted octanol–water partition coefficient (Wildman–Crippen LogP) is 3.52. The van der Waals surface area contributed by atoms with Gasteiger partial charge in [-0.25, -0.2) is 0 Å². The Morgan fingerprint density at radius 2 is 1.97 bits per heavy atom. The van der Waals surface area contributed by atoms with Crippen LogP contribution >= 0.6 is 11.8 Å². The van der Waals surface area contributed by atoms with Crippen LogP contribution in [-0.4, -0.2) is 47.9 Å². The first-order chi connectivity index (χ1) is 16.5. The van der Waals surface area contributed by atoms with E-state index in [9.17, 15) is 14.4 Å². The number of hydrogen-bond acceptors (Lipinski definition) is 7. The molecule has 0 spiro atoms. The third kappa shape index (κ3) is 4.61. The third-order valence-electron chi connectivity index (χ3n) is 5.95. The first kappa shape index (κ1) is 22.3. The number of rotatable bonds is 7. The van der Waals surface area contributed by atoms with E-state index in [0.29, 0.717) is 22.2 Å². The predicted molar refractivity (Wildman–Crippen MR) is 127 cm³/mol. The van der Waals surface area contributed by atoms with E-state index < -0.39 is 6.10 Å². The van der Waals surface area contributed by atoms with Crippen molar-refractivity contribution >= 4 is 34.9 Å². The average molecular weight is 481 g/mol. The summed E-state index contributed by atoms with van der Waals surface area (Å²) in [6.07, 6.45) is 4.23. The van der Waals surface area contributed by atoms with Gasteiger partial charge in [-0.1, -0.05) is 12.1 Å². The summed E-state index contributed by atoms with van der Waals surface area (Å²) in [7, 11) is 0. The zero-order valence-electron chi connectivity index (χ0n) is 18.7. The lowest BCUT2D eigenvalue weighted by molar-refractivity contribution is -0.128. The van der Waals surface area contributed by atoms with Gasteiger partial charge in [-0.3, -0.25) is 19.3 Å². The smallest absolute Gasteiger partial charge is 0.293 e. The van der Waals surface area contributed by atoms with E-state index in [1.54, 1.807) is 31.2 Å². The number of hydrogen-bond donors (Lipinski definition) is 1. The molecule has 2 aromatic rings. The maximum absolute atomic E-state index is 12.7. The van der Waals surface area contributed by atoms with Crippen LogP contribution in [0.3, 0.4) is 0 Å². The molecule has 0 bridgehead atoms. The van der Waals surface area contributed by atoms with E-state index in [1.807, 2.05) is 12.1 Å². The molecule has 1 aliphatic carbocycles. The fourth-order valence-corrected chi connectivity index (χ4v) is 5.03. The number of aryl methyl sites for hydroxylation is 2. The van der Waals surface area contributed by atoms with Crippen LogP contribution in [0.2, 0.25) is 0 Å². The molecule has 5 rings (SSSR count). The van der Waals surface area contributed by atoms with Crippen LogP contribution in [0.15, 0.2) is 41.3 Å². The lowest BCUT2D eigenvalue weighted by Crippen LogP contribution is -2.41. The van der Waals surface area contributed by atoms with Crippen molar-refractivity contribution in [2.45, 2.75) is 32.3 Å². The summed E-state index contributed by atoms with van der Waals surface area (Å²) < 4.78 is 16.4. The van der Waals surface area contributed by atoms with Gasteiger partial charge in [0, 0.05) is 13.1 Å². The van der Waals surface area contributed by atoms with Gasteiger partial charge >= 0.3 is 0 Å². The van der Waals surface area contributed by atoms with Crippen molar-refractivity contribution in [3.05, 3.63) is 58.0 Å². The normalized spacial score (nSPS) is 18.4. The molecule has 2 aromatic carbocycles. The van der Waals surface area contributed by atoms with Gasteiger partial charge < -0.3 is 19.5 Å². The van der Waals surface area contributed by atoms with E-state index in [-0.39, 0.29) is 36.9 Å². The average Bonchev–Trinajstić information content (AvgIpc) is 3.54. The van der Waals surface area contributed by atoms with Crippen LogP contribution in [0.5, 0.6) is 17.2 Å². The van der Waals surface area contributed by atoms with Crippen LogP contribution in [-0.2, 0) is 22.4 Å². The maximum Gasteiger partial charge on any atom is 0.293 e. The lowest BCUT2D eigenvalue weighted by atomic mass is 10.1. The molecule has 3 amide bonds. The largest absolute Gasteiger partial charge is 0.481 e. The molecule has 8 nitrogen and oxygen atoms in total. The molecule has 0 aromatic heterocycles. The van der Waals surface area contributed by atoms with Crippen molar-refractivity contribution in [1.29, 1.82) is 0 Å². The van der Waals surface area contributed by atoms with Gasteiger partial charge in [0.25, 0.3) is 17.1 Å². The zero-order valence-corrected chi connectivity index (χ0v) is 19.5. The van der Waals surface area contributed by atoms with Gasteiger partial charge in [-0.05, 0) is 85.0 Å². The van der Waals surface area contributed by atoms with Crippen molar-refractivity contribution in [3.8, 4) is 17.2 Å². The Kier molecular flexibility index (Phi) is 6.19. The summed E-state index contributed by atoms with van der Waals surface area (Å²) in [5, 5.41) is 2.38. The van der Waals surface area contributed by atoms with E-state index in [1.165, 1.54) is 11.1 Å². The monoisotopic (exact) mass is 480 g/mol. The molecule has 2 heterocycles. The Labute approximate surface area is 201 Å². The number of imide groups is 1. The minimum absolute atomic E-state index is 0.0838. The molecular weight excluding hydrogens is 456 g/mol. The molecule has 9 heteroatoms. The molecular formula is C25H24N2O6S. The minimum Gasteiger partial charge on any atom is -0.481 e. The fourth-order valence-electron chi connectivity index (χ4n) is 4.16. The van der Waals surface area contributed by atoms with Crippen LogP contribution in [0.1, 0.15) is 30.0 Å². The number of carbonyl (C=O) groups is 3. The molecule has 1 atom stereocenters. The first-order valence-corrected chi connectivity index (χ1v) is 12.0. The van der Waals surface area contributed by atoms with Crippen molar-refractivity contribution in [2.24, 2.45) is 0 Å². The van der Waals surface area contributed by atoms with Crippen LogP contribution in [0.4, 0.5) is 4.79 Å². The van der Waals surface area contributed by atoms with Crippen LogP contribution < -0.4 is 19.5 Å². The van der Waals surface area contributed by atoms with Crippen molar-refractivity contribution < 1.29 is 28.6 Å². The Balaban J connectivity index is 1.13. The third-order valence-corrected chi connectivity index (χ3v) is 6.86. The number of fused-ring (bicyclic) bond motifs is 2. The van der Waals surface area contributed by atoms with E-state index in [2.05, 4.69) is 11.4 Å². The molecule has 0 radical (unpaired) electrons. The Morgan fingerprint density at radius 3 is 2.85 bits per heavy atom. The number of thioether (sulfide) groups is 1. The van der Waals surface area contributed by atoms with Gasteiger partial charge in [0.2, 0.25) is 6.79 Å². The van der Waals surface area contributed by atoms with Gasteiger partial charge in [0.15, 0.2) is 17.6 Å². The number of nitrogens with one attached hydrogen (secondary N) is 1. The summed E-state index contributed by atoms with van der Waals surface area (Å²) in [5.74, 6) is 1.23. The SMILES string of the molecule is CC(Oc1ccc2c(c1)CCC2)C(=O)NCCN1C(=O)S/C(=C\c2ccc3c(c2)OCO3)C1=O. The summed E-state index contributed by atoms with van der Waals surface area (Å²) in [4.78, 5) is 39.0. The van der Waals surface area contributed by atoms with Gasteiger partial charge in [-0.2, -0.15) is 0 Å². The quantitative estimate of drug-likeness (QED) is 0.606. The summed E-state index contributed by atoms with van der Waals surface area (Å²) in [6, 6.07) is 11.3. The highest BCUT2D eigenvalue weighted by molar-refractivity contribution is 8.18. The number of amides is 3. The lowest BCUT2D eigenvalue weighted by Gasteiger charge is -2.17. The second-order valence-electron chi connectivity index (χ2n) is 8.28. The molecule has 1 unspecified atom stereocenters. The van der Waals surface area contributed by atoms with Gasteiger partial charge in [-0.15, -0.1) is 0 Å². The second-order valence-corrected chi connectivity index (χ2v) is 9.27. The molecule has 3 aliphatic rings. The zero-order chi connectivity index (χ0) is 23.7. The highest BCUT2D eigenvalue weighted by Gasteiger charge is 2.35. The summed E-state index contributed by atoms with van der Waals surface area (Å²) >= 11 is 0.876. The standard InChI is InChI=1S/C25H24N2O6S/c1-15(33-19-7-6-17-3-2-4-18(17)13-19)23(28)26-9-10-27-24(29)22(34-25(27)30)12-16-5-8-20-21(11-16)32-14-31-20/h5-8,11-13,15H,2-4,9-10,14H2,1H3,(H,26,28)/b22-12-. The first-order valence-electron chi connectivity index (χ1n) is 11.2. The van der Waals surface area contributed by atoms with Crippen molar-refractivity contribution in [1.82, 2.24) is 10.2 Å². The number of ether oxygens (including phenoxy) is 3. The molecule has 1 saturated heterocycles. The molecule has 1 N–H and O–H groups in total. The Hall–Kier alpha value is -3.46. The molecule has 1 fully saturated rings. The highest BCUT2D eigenvalue weighted by atomic mass is 32.2. The maximum atomic E-state index is 12.7. The van der Waals surface area contributed by atoms with E-state index >= 15 is 0 Å². The summed E-state index contributed by atoms with van der Waals surface area (Å²) in [5.41, 5.74) is 3.35. The number of benzene rings is 2. The summed E-state index contributed by atoms with van der Waals surface area (Å²) in [6.45, 7) is 2.07. The van der Waals surface area contributed by atoms with Crippen LogP contribution in [0.25, 0.3) is 6.08 Å². The van der Waals surface area contributed by atoms with Crippen molar-refractivity contribution in [3.63, 3.8) is 0 Å². The highest BCUT2D eigenvalue weighted by Crippen LogP contribution is 2.36. The Bertz CT molecular complexity index is 1190. The molecule has 34 heavy (non-hydrogen) atoms. The van der Waals surface area contributed by atoms with E-state index in [4.69, 9.17) is 14.2 Å². The number of carbonyl (C=O) groups excluding carboxylic acids is 3. The topological polar surface area (TPSA) is 94.2 Å². The van der Waals surface area contributed by atoms with Gasteiger partial charge in [0.1, 0.15) is 5.75 Å². The van der Waals surface area contributed by atoms with E-state index in [0.717, 1.165) is 41.5 Å².